The monoisotopic (exact) mass is 322 g/mol. The molecule has 1 aromatic carbocycles. The number of hydrogen-bond acceptors (Lipinski definition) is 2. The van der Waals surface area contributed by atoms with Gasteiger partial charge in [0.25, 0.3) is 0 Å². The summed E-state index contributed by atoms with van der Waals surface area (Å²) in [6.07, 6.45) is 4.21. The lowest BCUT2D eigenvalue weighted by atomic mass is 9.97. The van der Waals surface area contributed by atoms with Gasteiger partial charge in [-0.3, -0.25) is 4.79 Å². The van der Waals surface area contributed by atoms with Crippen LogP contribution in [0.1, 0.15) is 31.2 Å². The van der Waals surface area contributed by atoms with Crippen molar-refractivity contribution < 1.29 is 4.79 Å². The first kappa shape index (κ1) is 13.1. The number of rotatable bonds is 3. The van der Waals surface area contributed by atoms with E-state index in [9.17, 15) is 4.79 Å². The summed E-state index contributed by atoms with van der Waals surface area (Å²) in [7, 11) is 0. The van der Waals surface area contributed by atoms with Gasteiger partial charge in [0.05, 0.1) is 11.5 Å². The van der Waals surface area contributed by atoms with E-state index >= 15 is 0 Å². The molecule has 1 atom stereocenters. The van der Waals surface area contributed by atoms with Gasteiger partial charge in [-0.25, -0.2) is 0 Å². The van der Waals surface area contributed by atoms with Crippen molar-refractivity contribution in [1.82, 2.24) is 10.6 Å². The van der Waals surface area contributed by atoms with Gasteiger partial charge in [0.1, 0.15) is 0 Å². The molecule has 3 rings (SSSR count). The van der Waals surface area contributed by atoms with Gasteiger partial charge < -0.3 is 10.6 Å². The second-order valence-corrected chi connectivity index (χ2v) is 6.54. The molecule has 1 aliphatic heterocycles. The molecule has 1 saturated carbocycles. The van der Waals surface area contributed by atoms with Crippen molar-refractivity contribution in [2.75, 3.05) is 13.1 Å². The Balaban J connectivity index is 1.70. The number of carbonyl (C=O) groups excluding carboxylic acids is 1. The quantitative estimate of drug-likeness (QED) is 0.898. The van der Waals surface area contributed by atoms with Gasteiger partial charge in [0, 0.05) is 11.0 Å². The van der Waals surface area contributed by atoms with Crippen LogP contribution in [-0.4, -0.2) is 19.0 Å². The third kappa shape index (κ3) is 2.84. The second kappa shape index (κ2) is 5.25. The van der Waals surface area contributed by atoms with Crippen LogP contribution in [-0.2, 0) is 10.3 Å². The zero-order valence-corrected chi connectivity index (χ0v) is 12.5. The van der Waals surface area contributed by atoms with E-state index in [0.29, 0.717) is 0 Å². The molecule has 1 amide bonds. The molecular weight excluding hydrogens is 304 g/mol. The number of piperidine rings is 1. The summed E-state index contributed by atoms with van der Waals surface area (Å²) in [5.74, 6) is 0.350. The molecule has 0 radical (unpaired) electrons. The molecule has 1 unspecified atom stereocenters. The first-order valence-electron chi connectivity index (χ1n) is 6.98. The number of nitrogens with one attached hydrogen (secondary N) is 2. The highest BCUT2D eigenvalue weighted by Crippen LogP contribution is 2.46. The van der Waals surface area contributed by atoms with E-state index in [-0.39, 0.29) is 17.4 Å². The Morgan fingerprint density at radius 3 is 2.89 bits per heavy atom. The minimum absolute atomic E-state index is 0.0989. The number of hydrogen-bond donors (Lipinski definition) is 2. The molecule has 0 aromatic heterocycles. The predicted molar refractivity (Wildman–Crippen MR) is 78.8 cm³/mol. The summed E-state index contributed by atoms with van der Waals surface area (Å²) in [6, 6.07) is 8.28. The van der Waals surface area contributed by atoms with Crippen LogP contribution >= 0.6 is 15.9 Å². The van der Waals surface area contributed by atoms with Gasteiger partial charge in [0.2, 0.25) is 5.91 Å². The molecule has 2 fully saturated rings. The van der Waals surface area contributed by atoms with Gasteiger partial charge >= 0.3 is 0 Å². The summed E-state index contributed by atoms with van der Waals surface area (Å²) in [4.78, 5) is 12.3. The van der Waals surface area contributed by atoms with Gasteiger partial charge in [0.15, 0.2) is 0 Å². The van der Waals surface area contributed by atoms with Crippen LogP contribution in [0.2, 0.25) is 0 Å². The van der Waals surface area contributed by atoms with Crippen molar-refractivity contribution in [3.8, 4) is 0 Å². The Bertz CT molecular complexity index is 479. The van der Waals surface area contributed by atoms with Crippen LogP contribution in [0, 0.1) is 5.92 Å². The van der Waals surface area contributed by atoms with Gasteiger partial charge in [-0.1, -0.05) is 28.1 Å². The maximum Gasteiger partial charge on any atom is 0.225 e. The lowest BCUT2D eigenvalue weighted by molar-refractivity contribution is -0.126. The van der Waals surface area contributed by atoms with Crippen LogP contribution in [0.15, 0.2) is 28.7 Å². The van der Waals surface area contributed by atoms with E-state index in [2.05, 4.69) is 38.7 Å². The number of benzene rings is 1. The fourth-order valence-electron chi connectivity index (χ4n) is 2.81. The van der Waals surface area contributed by atoms with Gasteiger partial charge in [-0.2, -0.15) is 0 Å². The highest BCUT2D eigenvalue weighted by molar-refractivity contribution is 9.10. The predicted octanol–water partition coefficient (Wildman–Crippen LogP) is 2.55. The zero-order valence-electron chi connectivity index (χ0n) is 10.9. The summed E-state index contributed by atoms with van der Waals surface area (Å²) < 4.78 is 1.07. The average molecular weight is 323 g/mol. The Hall–Kier alpha value is -0.870. The molecule has 0 bridgehead atoms. The van der Waals surface area contributed by atoms with Crippen LogP contribution in [0.3, 0.4) is 0 Å². The molecule has 1 aliphatic carbocycles. The van der Waals surface area contributed by atoms with E-state index in [1.165, 1.54) is 5.56 Å². The minimum atomic E-state index is -0.0989. The SMILES string of the molecule is O=C(NC1(c2cccc(Br)c2)CC1)C1CCCNC1. The molecule has 0 spiro atoms. The Morgan fingerprint density at radius 2 is 2.26 bits per heavy atom. The van der Waals surface area contributed by atoms with E-state index in [0.717, 1.165) is 43.2 Å². The van der Waals surface area contributed by atoms with E-state index in [1.54, 1.807) is 0 Å². The van der Waals surface area contributed by atoms with Crippen molar-refractivity contribution in [3.63, 3.8) is 0 Å². The molecule has 1 heterocycles. The topological polar surface area (TPSA) is 41.1 Å². The fraction of sp³-hybridized carbons (Fsp3) is 0.533. The molecule has 2 N–H and O–H groups in total. The van der Waals surface area contributed by atoms with Crippen molar-refractivity contribution in [2.45, 2.75) is 31.2 Å². The van der Waals surface area contributed by atoms with Crippen LogP contribution < -0.4 is 10.6 Å². The lowest BCUT2D eigenvalue weighted by Crippen LogP contribution is -2.44. The summed E-state index contributed by atoms with van der Waals surface area (Å²) in [5, 5.41) is 6.58. The highest BCUT2D eigenvalue weighted by atomic mass is 79.9. The molecule has 2 aliphatic rings. The molecular formula is C15H19BrN2O. The largest absolute Gasteiger partial charge is 0.346 e. The molecule has 102 valence electrons. The molecule has 4 heteroatoms. The normalized spacial score (nSPS) is 24.8. The van der Waals surface area contributed by atoms with Crippen molar-refractivity contribution in [2.24, 2.45) is 5.92 Å². The Kier molecular flexibility index (Phi) is 3.63. The summed E-state index contributed by atoms with van der Waals surface area (Å²) in [5.41, 5.74) is 1.12. The van der Waals surface area contributed by atoms with E-state index in [4.69, 9.17) is 0 Å². The number of carbonyl (C=O) groups is 1. The van der Waals surface area contributed by atoms with E-state index in [1.807, 2.05) is 12.1 Å². The molecule has 1 saturated heterocycles. The van der Waals surface area contributed by atoms with Crippen molar-refractivity contribution >= 4 is 21.8 Å². The molecule has 1 aromatic rings. The smallest absolute Gasteiger partial charge is 0.225 e. The maximum atomic E-state index is 12.3. The first-order valence-corrected chi connectivity index (χ1v) is 7.78. The summed E-state index contributed by atoms with van der Waals surface area (Å²) >= 11 is 3.50. The van der Waals surface area contributed by atoms with E-state index < -0.39 is 0 Å². The average Bonchev–Trinajstić information content (AvgIpc) is 3.21. The Labute approximate surface area is 122 Å². The molecule has 19 heavy (non-hydrogen) atoms. The number of halogens is 1. The number of amides is 1. The van der Waals surface area contributed by atoms with Gasteiger partial charge in [-0.15, -0.1) is 0 Å². The maximum absolute atomic E-state index is 12.3. The zero-order chi connectivity index (χ0) is 13.3. The second-order valence-electron chi connectivity index (χ2n) is 5.62. The van der Waals surface area contributed by atoms with Crippen LogP contribution in [0.25, 0.3) is 0 Å². The van der Waals surface area contributed by atoms with Crippen LogP contribution in [0.4, 0.5) is 0 Å². The fourth-order valence-corrected chi connectivity index (χ4v) is 3.21. The standard InChI is InChI=1S/C15H19BrN2O/c16-13-5-1-4-12(9-13)15(6-7-15)18-14(19)11-3-2-8-17-10-11/h1,4-5,9,11,17H,2-3,6-8,10H2,(H,18,19). The van der Waals surface area contributed by atoms with Crippen molar-refractivity contribution in [1.29, 1.82) is 0 Å². The third-order valence-electron chi connectivity index (χ3n) is 4.16. The Morgan fingerprint density at radius 1 is 1.42 bits per heavy atom. The molecule has 3 nitrogen and oxygen atoms in total. The van der Waals surface area contributed by atoms with Crippen molar-refractivity contribution in [3.05, 3.63) is 34.3 Å². The van der Waals surface area contributed by atoms with Gasteiger partial charge in [-0.05, 0) is 49.9 Å². The van der Waals surface area contributed by atoms with Crippen LogP contribution in [0.5, 0.6) is 0 Å². The minimum Gasteiger partial charge on any atom is -0.346 e. The lowest BCUT2D eigenvalue weighted by Gasteiger charge is -2.25. The third-order valence-corrected chi connectivity index (χ3v) is 4.65. The highest BCUT2D eigenvalue weighted by Gasteiger charge is 2.46. The first-order chi connectivity index (χ1) is 9.20. The summed E-state index contributed by atoms with van der Waals surface area (Å²) in [6.45, 7) is 1.86.